The van der Waals surface area contributed by atoms with Gasteiger partial charge in [-0.1, -0.05) is 12.8 Å². The van der Waals surface area contributed by atoms with Crippen LogP contribution in [0.15, 0.2) is 18.2 Å². The number of rotatable bonds is 10. The first-order valence-corrected chi connectivity index (χ1v) is 8.20. The van der Waals surface area contributed by atoms with Crippen LogP contribution in [0.5, 0.6) is 0 Å². The largest absolute Gasteiger partial charge is 0.478 e. The third-order valence-corrected chi connectivity index (χ3v) is 3.73. The zero-order valence-electron chi connectivity index (χ0n) is 12.0. The van der Waals surface area contributed by atoms with Gasteiger partial charge in [-0.3, -0.25) is 10.1 Å². The number of hydrogen-bond acceptors (Lipinski definition) is 5. The molecular formula is C14H20N2O4S. The van der Waals surface area contributed by atoms with Gasteiger partial charge in [0.15, 0.2) is 0 Å². The number of nitrogens with zero attached hydrogens (tertiary/aromatic N) is 1. The van der Waals surface area contributed by atoms with Crippen molar-refractivity contribution in [1.29, 1.82) is 0 Å². The van der Waals surface area contributed by atoms with Crippen LogP contribution in [0.4, 0.5) is 11.4 Å². The van der Waals surface area contributed by atoms with Crippen LogP contribution in [0.25, 0.3) is 0 Å². The molecule has 0 bridgehead atoms. The Morgan fingerprint density at radius 1 is 1.33 bits per heavy atom. The number of carboxylic acids is 1. The molecule has 0 saturated carbocycles. The van der Waals surface area contributed by atoms with Crippen LogP contribution in [-0.4, -0.2) is 34.6 Å². The molecule has 0 saturated heterocycles. The number of benzene rings is 1. The summed E-state index contributed by atoms with van der Waals surface area (Å²) in [6, 6.07) is 3.85. The van der Waals surface area contributed by atoms with Gasteiger partial charge in [0, 0.05) is 24.4 Å². The van der Waals surface area contributed by atoms with Crippen LogP contribution in [0, 0.1) is 10.1 Å². The standard InChI is InChI=1S/C14H20N2O4S/c1-21-9-5-3-2-4-8-15-13-7-6-11(16(19)20)10-12(13)14(17)18/h6-7,10,15H,2-5,8-9H2,1H3,(H,17,18). The van der Waals surface area contributed by atoms with Crippen molar-refractivity contribution in [3.05, 3.63) is 33.9 Å². The monoisotopic (exact) mass is 312 g/mol. The number of unbranched alkanes of at least 4 members (excludes halogenated alkanes) is 3. The highest BCUT2D eigenvalue weighted by Crippen LogP contribution is 2.22. The summed E-state index contributed by atoms with van der Waals surface area (Å²) in [7, 11) is 0. The summed E-state index contributed by atoms with van der Waals surface area (Å²) in [6.07, 6.45) is 6.48. The molecule has 1 aromatic carbocycles. The predicted octanol–water partition coefficient (Wildman–Crippen LogP) is 3.63. The molecule has 0 spiro atoms. The summed E-state index contributed by atoms with van der Waals surface area (Å²) in [5, 5.41) is 22.8. The van der Waals surface area contributed by atoms with Gasteiger partial charge in [0.1, 0.15) is 0 Å². The van der Waals surface area contributed by atoms with Crippen molar-refractivity contribution in [2.75, 3.05) is 23.9 Å². The summed E-state index contributed by atoms with van der Waals surface area (Å²) < 4.78 is 0. The van der Waals surface area contributed by atoms with Gasteiger partial charge in [-0.2, -0.15) is 11.8 Å². The van der Waals surface area contributed by atoms with E-state index in [-0.39, 0.29) is 11.3 Å². The molecule has 0 radical (unpaired) electrons. The lowest BCUT2D eigenvalue weighted by molar-refractivity contribution is -0.384. The van der Waals surface area contributed by atoms with Crippen molar-refractivity contribution >= 4 is 29.1 Å². The maximum Gasteiger partial charge on any atom is 0.338 e. The molecule has 0 unspecified atom stereocenters. The summed E-state index contributed by atoms with van der Waals surface area (Å²) in [4.78, 5) is 21.2. The Kier molecular flexibility index (Phi) is 7.60. The number of nitro benzene ring substituents is 1. The fourth-order valence-corrected chi connectivity index (χ4v) is 2.42. The van der Waals surface area contributed by atoms with Crippen LogP contribution in [-0.2, 0) is 0 Å². The van der Waals surface area contributed by atoms with E-state index in [2.05, 4.69) is 11.6 Å². The zero-order chi connectivity index (χ0) is 15.7. The average molecular weight is 312 g/mol. The summed E-state index contributed by atoms with van der Waals surface area (Å²) in [5.74, 6) is 0.0000359. The van der Waals surface area contributed by atoms with E-state index in [1.54, 1.807) is 0 Å². The molecule has 1 rings (SSSR count). The van der Waals surface area contributed by atoms with E-state index < -0.39 is 10.9 Å². The number of anilines is 1. The van der Waals surface area contributed by atoms with Crippen molar-refractivity contribution in [2.24, 2.45) is 0 Å². The number of thioether (sulfide) groups is 1. The molecule has 0 fully saturated rings. The van der Waals surface area contributed by atoms with Crippen molar-refractivity contribution in [1.82, 2.24) is 0 Å². The van der Waals surface area contributed by atoms with Crippen molar-refractivity contribution < 1.29 is 14.8 Å². The number of nitrogens with one attached hydrogen (secondary N) is 1. The van der Waals surface area contributed by atoms with Crippen molar-refractivity contribution in [3.63, 3.8) is 0 Å². The third-order valence-electron chi connectivity index (χ3n) is 3.04. The highest BCUT2D eigenvalue weighted by molar-refractivity contribution is 7.98. The van der Waals surface area contributed by atoms with Gasteiger partial charge in [-0.05, 0) is 30.9 Å². The molecule has 0 aliphatic rings. The Morgan fingerprint density at radius 2 is 2.05 bits per heavy atom. The van der Waals surface area contributed by atoms with Crippen LogP contribution in [0.3, 0.4) is 0 Å². The number of hydrogen-bond donors (Lipinski definition) is 2. The van der Waals surface area contributed by atoms with E-state index >= 15 is 0 Å². The maximum atomic E-state index is 11.1. The van der Waals surface area contributed by atoms with Gasteiger partial charge in [-0.25, -0.2) is 4.79 Å². The fraction of sp³-hybridized carbons (Fsp3) is 0.500. The fourth-order valence-electron chi connectivity index (χ4n) is 1.92. The van der Waals surface area contributed by atoms with E-state index in [1.165, 1.54) is 24.3 Å². The lowest BCUT2D eigenvalue weighted by atomic mass is 10.1. The van der Waals surface area contributed by atoms with Crippen LogP contribution in [0.1, 0.15) is 36.0 Å². The first kappa shape index (κ1) is 17.3. The number of carboxylic acid groups (broad SMARTS) is 1. The average Bonchev–Trinajstić information content (AvgIpc) is 2.46. The van der Waals surface area contributed by atoms with Crippen molar-refractivity contribution in [3.8, 4) is 0 Å². The number of non-ortho nitro benzene ring substituents is 1. The first-order chi connectivity index (χ1) is 10.1. The Labute approximate surface area is 128 Å². The highest BCUT2D eigenvalue weighted by atomic mass is 32.2. The minimum atomic E-state index is -1.17. The summed E-state index contributed by atoms with van der Waals surface area (Å²) >= 11 is 1.84. The molecule has 7 heteroatoms. The van der Waals surface area contributed by atoms with E-state index in [9.17, 15) is 14.9 Å². The minimum Gasteiger partial charge on any atom is -0.478 e. The third kappa shape index (κ3) is 6.03. The van der Waals surface area contributed by atoms with Gasteiger partial charge in [0.25, 0.3) is 5.69 Å². The van der Waals surface area contributed by atoms with Gasteiger partial charge in [0.2, 0.25) is 0 Å². The molecule has 2 N–H and O–H groups in total. The number of aromatic carboxylic acids is 1. The Balaban J connectivity index is 2.51. The Morgan fingerprint density at radius 3 is 2.67 bits per heavy atom. The van der Waals surface area contributed by atoms with Crippen LogP contribution < -0.4 is 5.32 Å². The van der Waals surface area contributed by atoms with Crippen molar-refractivity contribution in [2.45, 2.75) is 25.7 Å². The molecule has 6 nitrogen and oxygen atoms in total. The Hall–Kier alpha value is -1.76. The molecule has 116 valence electrons. The minimum absolute atomic E-state index is 0.0633. The second-order valence-corrected chi connectivity index (χ2v) is 5.61. The molecule has 1 aromatic rings. The van der Waals surface area contributed by atoms with E-state index in [0.717, 1.165) is 25.3 Å². The predicted molar refractivity (Wildman–Crippen MR) is 85.4 cm³/mol. The van der Waals surface area contributed by atoms with Gasteiger partial charge < -0.3 is 10.4 Å². The summed E-state index contributed by atoms with van der Waals surface area (Å²) in [6.45, 7) is 0.664. The second-order valence-electron chi connectivity index (χ2n) is 4.63. The van der Waals surface area contributed by atoms with Crippen LogP contribution >= 0.6 is 11.8 Å². The van der Waals surface area contributed by atoms with Gasteiger partial charge >= 0.3 is 5.97 Å². The zero-order valence-corrected chi connectivity index (χ0v) is 12.8. The first-order valence-electron chi connectivity index (χ1n) is 6.80. The summed E-state index contributed by atoms with van der Waals surface area (Å²) in [5.41, 5.74) is 0.152. The Bertz CT molecular complexity index is 494. The van der Waals surface area contributed by atoms with Crippen LogP contribution in [0.2, 0.25) is 0 Å². The quantitative estimate of drug-likeness (QED) is 0.389. The van der Waals surface area contributed by atoms with Gasteiger partial charge in [0.05, 0.1) is 10.5 Å². The molecule has 21 heavy (non-hydrogen) atoms. The molecule has 0 amide bonds. The SMILES string of the molecule is CSCCCCCCNc1ccc([N+](=O)[O-])cc1C(=O)O. The molecule has 0 aliphatic heterocycles. The lowest BCUT2D eigenvalue weighted by Crippen LogP contribution is -2.08. The number of nitro groups is 1. The van der Waals surface area contributed by atoms with E-state index in [4.69, 9.17) is 5.11 Å². The topological polar surface area (TPSA) is 92.5 Å². The molecule has 0 aromatic heterocycles. The smallest absolute Gasteiger partial charge is 0.338 e. The maximum absolute atomic E-state index is 11.1. The van der Waals surface area contributed by atoms with E-state index in [1.807, 2.05) is 11.8 Å². The van der Waals surface area contributed by atoms with Gasteiger partial charge in [-0.15, -0.1) is 0 Å². The highest BCUT2D eigenvalue weighted by Gasteiger charge is 2.15. The molecule has 0 heterocycles. The van der Waals surface area contributed by atoms with E-state index in [0.29, 0.717) is 12.2 Å². The second kappa shape index (κ2) is 9.23. The molecule has 0 aliphatic carbocycles. The number of carbonyl (C=O) groups is 1. The lowest BCUT2D eigenvalue weighted by Gasteiger charge is -2.09. The normalized spacial score (nSPS) is 10.3. The molecular weight excluding hydrogens is 292 g/mol. The molecule has 0 atom stereocenters.